The molecule has 0 bridgehead atoms. The molecule has 1 fully saturated rings. The second-order valence-electron chi connectivity index (χ2n) is 7.43. The number of nitrogens with zero attached hydrogens (tertiary/aromatic N) is 2. The number of hydrogen-bond donors (Lipinski definition) is 1. The van der Waals surface area contributed by atoms with Gasteiger partial charge in [-0.15, -0.1) is 0 Å². The molecule has 0 aromatic heterocycles. The van der Waals surface area contributed by atoms with E-state index < -0.39 is 10.0 Å². The molecule has 1 amide bonds. The maximum Gasteiger partial charge on any atom is 0.243 e. The van der Waals surface area contributed by atoms with Crippen molar-refractivity contribution in [2.24, 2.45) is 5.92 Å². The molecule has 148 valence electrons. The largest absolute Gasteiger partial charge is 0.398 e. The molecule has 2 aliphatic heterocycles. The third-order valence-electron chi connectivity index (χ3n) is 5.74. The molecule has 0 unspecified atom stereocenters. The molecule has 0 radical (unpaired) electrons. The minimum atomic E-state index is -3.50. The summed E-state index contributed by atoms with van der Waals surface area (Å²) in [5.41, 5.74) is 8.79. The molecule has 2 heterocycles. The van der Waals surface area contributed by atoms with Gasteiger partial charge in [0.2, 0.25) is 15.9 Å². The lowest BCUT2D eigenvalue weighted by Gasteiger charge is -2.36. The van der Waals surface area contributed by atoms with Crippen molar-refractivity contribution in [3.8, 4) is 0 Å². The number of nitrogens with two attached hydrogens (primary N) is 1. The number of piperidine rings is 1. The van der Waals surface area contributed by atoms with Crippen molar-refractivity contribution in [1.82, 2.24) is 4.31 Å². The van der Waals surface area contributed by atoms with Crippen LogP contribution in [0, 0.1) is 5.92 Å². The van der Waals surface area contributed by atoms with Crippen LogP contribution >= 0.6 is 0 Å². The Morgan fingerprint density at radius 3 is 2.39 bits per heavy atom. The molecule has 0 aliphatic carbocycles. The van der Waals surface area contributed by atoms with Gasteiger partial charge in [-0.3, -0.25) is 4.79 Å². The minimum absolute atomic E-state index is 0.0864. The summed E-state index contributed by atoms with van der Waals surface area (Å²) in [5.74, 6) is -0.0714. The van der Waals surface area contributed by atoms with Gasteiger partial charge in [0.15, 0.2) is 0 Å². The quantitative estimate of drug-likeness (QED) is 0.805. The Morgan fingerprint density at radius 2 is 1.68 bits per heavy atom. The van der Waals surface area contributed by atoms with E-state index in [1.807, 2.05) is 23.1 Å². The monoisotopic (exact) mass is 399 g/mol. The van der Waals surface area contributed by atoms with Gasteiger partial charge in [-0.05, 0) is 55.5 Å². The van der Waals surface area contributed by atoms with Crippen molar-refractivity contribution in [3.63, 3.8) is 0 Å². The topological polar surface area (TPSA) is 83.7 Å². The van der Waals surface area contributed by atoms with Crippen LogP contribution in [0.3, 0.4) is 0 Å². The number of benzene rings is 2. The fourth-order valence-electron chi connectivity index (χ4n) is 4.19. The Morgan fingerprint density at radius 1 is 0.964 bits per heavy atom. The molecule has 2 N–H and O–H groups in total. The lowest BCUT2D eigenvalue weighted by atomic mass is 9.93. The van der Waals surface area contributed by atoms with Crippen molar-refractivity contribution >= 4 is 27.3 Å². The zero-order chi connectivity index (χ0) is 19.7. The molecular formula is C21H25N3O3S. The Balaban J connectivity index is 1.47. The van der Waals surface area contributed by atoms with E-state index in [1.165, 1.54) is 4.31 Å². The highest BCUT2D eigenvalue weighted by Gasteiger charge is 2.35. The highest BCUT2D eigenvalue weighted by Crippen LogP contribution is 2.34. The molecule has 4 rings (SSSR count). The number of sulfonamides is 1. The average Bonchev–Trinajstić information content (AvgIpc) is 2.74. The van der Waals surface area contributed by atoms with Crippen molar-refractivity contribution in [3.05, 3.63) is 54.1 Å². The van der Waals surface area contributed by atoms with Crippen LogP contribution in [-0.2, 0) is 21.2 Å². The van der Waals surface area contributed by atoms with Crippen LogP contribution in [0.2, 0.25) is 0 Å². The first-order valence-corrected chi connectivity index (χ1v) is 11.2. The Bertz CT molecular complexity index is 968. The van der Waals surface area contributed by atoms with Crippen LogP contribution in [0.4, 0.5) is 11.4 Å². The van der Waals surface area contributed by atoms with Gasteiger partial charge in [0.1, 0.15) is 0 Å². The highest BCUT2D eigenvalue weighted by molar-refractivity contribution is 7.89. The molecule has 2 aromatic carbocycles. The number of fused-ring (bicyclic) bond motifs is 1. The lowest BCUT2D eigenvalue weighted by molar-refractivity contribution is -0.123. The summed E-state index contributed by atoms with van der Waals surface area (Å²) in [6.07, 6.45) is 2.87. The summed E-state index contributed by atoms with van der Waals surface area (Å²) in [6.45, 7) is 1.42. The minimum Gasteiger partial charge on any atom is -0.398 e. The molecule has 7 heteroatoms. The van der Waals surface area contributed by atoms with Crippen molar-refractivity contribution < 1.29 is 13.2 Å². The second kappa shape index (κ2) is 7.56. The number of hydrogen-bond acceptors (Lipinski definition) is 4. The number of anilines is 2. The van der Waals surface area contributed by atoms with Gasteiger partial charge in [0, 0.05) is 36.9 Å². The molecule has 6 nitrogen and oxygen atoms in total. The van der Waals surface area contributed by atoms with E-state index in [4.69, 9.17) is 5.73 Å². The SMILES string of the molecule is Nc1cccc2c1CCCN2C(=O)C1CCN(S(=O)(=O)c2ccccc2)CC1. The van der Waals surface area contributed by atoms with E-state index in [2.05, 4.69) is 0 Å². The van der Waals surface area contributed by atoms with Crippen molar-refractivity contribution in [2.45, 2.75) is 30.6 Å². The van der Waals surface area contributed by atoms with E-state index in [9.17, 15) is 13.2 Å². The van der Waals surface area contributed by atoms with Crippen molar-refractivity contribution in [1.29, 1.82) is 0 Å². The van der Waals surface area contributed by atoms with E-state index in [1.54, 1.807) is 30.3 Å². The van der Waals surface area contributed by atoms with Crippen molar-refractivity contribution in [2.75, 3.05) is 30.3 Å². The summed E-state index contributed by atoms with van der Waals surface area (Å²) in [7, 11) is -3.50. The number of rotatable bonds is 3. The molecule has 2 aliphatic rings. The molecule has 0 atom stereocenters. The van der Waals surface area contributed by atoms with Gasteiger partial charge in [-0.2, -0.15) is 4.31 Å². The molecule has 0 spiro atoms. The van der Waals surface area contributed by atoms with Gasteiger partial charge >= 0.3 is 0 Å². The van der Waals surface area contributed by atoms with Crippen LogP contribution in [0.5, 0.6) is 0 Å². The van der Waals surface area contributed by atoms with Gasteiger partial charge in [-0.25, -0.2) is 8.42 Å². The number of carbonyl (C=O) groups is 1. The van der Waals surface area contributed by atoms with E-state index in [0.717, 1.165) is 29.8 Å². The fraction of sp³-hybridized carbons (Fsp3) is 0.381. The smallest absolute Gasteiger partial charge is 0.243 e. The van der Waals surface area contributed by atoms with Crippen LogP contribution < -0.4 is 10.6 Å². The molecule has 0 saturated carbocycles. The summed E-state index contributed by atoms with van der Waals surface area (Å²) in [6, 6.07) is 14.2. The van der Waals surface area contributed by atoms with Crippen LogP contribution in [-0.4, -0.2) is 38.3 Å². The number of nitrogen functional groups attached to an aromatic ring is 1. The average molecular weight is 400 g/mol. The van der Waals surface area contributed by atoms with Gasteiger partial charge in [-0.1, -0.05) is 24.3 Å². The lowest BCUT2D eigenvalue weighted by Crippen LogP contribution is -2.45. The van der Waals surface area contributed by atoms with E-state index >= 15 is 0 Å². The first kappa shape index (κ1) is 19.0. The zero-order valence-electron chi connectivity index (χ0n) is 15.8. The van der Waals surface area contributed by atoms with Gasteiger partial charge in [0.25, 0.3) is 0 Å². The third-order valence-corrected chi connectivity index (χ3v) is 7.65. The molecule has 1 saturated heterocycles. The number of carbonyl (C=O) groups excluding carboxylic acids is 1. The third kappa shape index (κ3) is 3.40. The highest BCUT2D eigenvalue weighted by atomic mass is 32.2. The zero-order valence-corrected chi connectivity index (χ0v) is 16.6. The second-order valence-corrected chi connectivity index (χ2v) is 9.37. The number of amides is 1. The standard InChI is InChI=1S/C21H25N3O3S/c22-19-9-4-10-20-18(19)8-5-13-24(20)21(25)16-11-14-23(15-12-16)28(26,27)17-6-2-1-3-7-17/h1-4,6-7,9-10,16H,5,8,11-15,22H2. The predicted molar refractivity (Wildman–Crippen MR) is 109 cm³/mol. The maximum absolute atomic E-state index is 13.2. The predicted octanol–water partition coefficient (Wildman–Crippen LogP) is 2.65. The summed E-state index contributed by atoms with van der Waals surface area (Å²) in [4.78, 5) is 15.3. The fourth-order valence-corrected chi connectivity index (χ4v) is 5.68. The van der Waals surface area contributed by atoms with Gasteiger partial charge in [0.05, 0.1) is 4.90 Å². The van der Waals surface area contributed by atoms with Crippen LogP contribution in [0.15, 0.2) is 53.4 Å². The summed E-state index contributed by atoms with van der Waals surface area (Å²) >= 11 is 0. The van der Waals surface area contributed by atoms with E-state index in [-0.39, 0.29) is 11.8 Å². The molecule has 28 heavy (non-hydrogen) atoms. The summed E-state index contributed by atoms with van der Waals surface area (Å²) in [5, 5.41) is 0. The Labute approximate surface area is 166 Å². The first-order valence-electron chi connectivity index (χ1n) is 9.72. The first-order chi connectivity index (χ1) is 13.5. The van der Waals surface area contributed by atoms with E-state index in [0.29, 0.717) is 37.4 Å². The normalized spacial score (nSPS) is 18.6. The van der Waals surface area contributed by atoms with Crippen LogP contribution in [0.25, 0.3) is 0 Å². The maximum atomic E-state index is 13.2. The van der Waals surface area contributed by atoms with Crippen LogP contribution in [0.1, 0.15) is 24.8 Å². The molecular weight excluding hydrogens is 374 g/mol. The molecule has 2 aromatic rings. The Kier molecular flexibility index (Phi) is 5.12. The Hall–Kier alpha value is -2.38. The van der Waals surface area contributed by atoms with Gasteiger partial charge < -0.3 is 10.6 Å². The summed E-state index contributed by atoms with van der Waals surface area (Å²) < 4.78 is 27.1.